The van der Waals surface area contributed by atoms with Crippen LogP contribution in [0.5, 0.6) is 0 Å². The summed E-state index contributed by atoms with van der Waals surface area (Å²) in [7, 11) is 0. The third-order valence-corrected chi connectivity index (χ3v) is 4.86. The highest BCUT2D eigenvalue weighted by Crippen LogP contribution is 2.19. The molecule has 0 aromatic carbocycles. The number of ether oxygens (including phenoxy) is 1. The van der Waals surface area contributed by atoms with E-state index >= 15 is 0 Å². The lowest BCUT2D eigenvalue weighted by molar-refractivity contribution is -0.151. The monoisotopic (exact) mass is 352 g/mol. The van der Waals surface area contributed by atoms with Crippen molar-refractivity contribution in [2.75, 3.05) is 26.2 Å². The molecule has 2 heterocycles. The molecule has 1 N–H and O–H groups in total. The van der Waals surface area contributed by atoms with Crippen molar-refractivity contribution in [2.24, 2.45) is 5.92 Å². The van der Waals surface area contributed by atoms with E-state index in [0.717, 1.165) is 12.8 Å². The van der Waals surface area contributed by atoms with E-state index in [1.165, 1.54) is 11.3 Å². The lowest BCUT2D eigenvalue weighted by Gasteiger charge is -2.31. The summed E-state index contributed by atoms with van der Waals surface area (Å²) in [5.74, 6) is -0.480. The molecule has 1 aromatic rings. The van der Waals surface area contributed by atoms with Gasteiger partial charge in [0.15, 0.2) is 0 Å². The SMILES string of the molecule is CCOC(=O)C1CCCN(C(=O)CCCNC(=O)c2cccs2)C1. The zero-order valence-electron chi connectivity index (χ0n) is 14.0. The number of nitrogens with zero attached hydrogens (tertiary/aromatic N) is 1. The molecule has 1 fully saturated rings. The van der Waals surface area contributed by atoms with Crippen LogP contribution in [0.15, 0.2) is 17.5 Å². The van der Waals surface area contributed by atoms with Crippen molar-refractivity contribution < 1.29 is 19.1 Å². The van der Waals surface area contributed by atoms with Gasteiger partial charge in [-0.05, 0) is 37.6 Å². The zero-order chi connectivity index (χ0) is 17.4. The first-order valence-electron chi connectivity index (χ1n) is 8.38. The van der Waals surface area contributed by atoms with Gasteiger partial charge in [-0.2, -0.15) is 0 Å². The van der Waals surface area contributed by atoms with Crippen LogP contribution in [0.25, 0.3) is 0 Å². The van der Waals surface area contributed by atoms with Crippen LogP contribution in [-0.4, -0.2) is 48.9 Å². The quantitative estimate of drug-likeness (QED) is 0.602. The Morgan fingerprint density at radius 1 is 1.42 bits per heavy atom. The molecule has 1 saturated heterocycles. The number of likely N-dealkylation sites (tertiary alicyclic amines) is 1. The molecule has 6 nitrogen and oxygen atoms in total. The number of esters is 1. The molecule has 0 spiro atoms. The van der Waals surface area contributed by atoms with Gasteiger partial charge >= 0.3 is 5.97 Å². The van der Waals surface area contributed by atoms with Gasteiger partial charge in [-0.1, -0.05) is 6.07 Å². The Morgan fingerprint density at radius 2 is 2.25 bits per heavy atom. The third-order valence-electron chi connectivity index (χ3n) is 3.99. The van der Waals surface area contributed by atoms with E-state index in [4.69, 9.17) is 4.74 Å². The molecule has 0 bridgehead atoms. The predicted octanol–water partition coefficient (Wildman–Crippen LogP) is 2.06. The number of thiophene rings is 1. The summed E-state index contributed by atoms with van der Waals surface area (Å²) in [5.41, 5.74) is 0. The number of hydrogen-bond donors (Lipinski definition) is 1. The maximum absolute atomic E-state index is 12.3. The Bertz CT molecular complexity index is 559. The topological polar surface area (TPSA) is 75.7 Å². The smallest absolute Gasteiger partial charge is 0.310 e. The standard InChI is InChI=1S/C17H24N2O4S/c1-2-23-17(22)13-6-4-10-19(12-13)15(20)8-3-9-18-16(21)14-7-5-11-24-14/h5,7,11,13H,2-4,6,8-10,12H2,1H3,(H,18,21). The van der Waals surface area contributed by atoms with Gasteiger partial charge in [0.05, 0.1) is 17.4 Å². The zero-order valence-corrected chi connectivity index (χ0v) is 14.8. The Kier molecular flexibility index (Phi) is 7.24. The van der Waals surface area contributed by atoms with Gasteiger partial charge in [-0.3, -0.25) is 14.4 Å². The molecule has 0 radical (unpaired) electrons. The van der Waals surface area contributed by atoms with Crippen LogP contribution < -0.4 is 5.32 Å². The van der Waals surface area contributed by atoms with E-state index in [0.29, 0.717) is 44.0 Å². The van der Waals surface area contributed by atoms with E-state index in [2.05, 4.69) is 5.32 Å². The maximum atomic E-state index is 12.3. The number of amides is 2. The maximum Gasteiger partial charge on any atom is 0.310 e. The molecule has 0 aliphatic carbocycles. The first-order valence-corrected chi connectivity index (χ1v) is 9.26. The van der Waals surface area contributed by atoms with Crippen molar-refractivity contribution in [3.05, 3.63) is 22.4 Å². The Balaban J connectivity index is 1.68. The fourth-order valence-electron chi connectivity index (χ4n) is 2.75. The number of carbonyl (C=O) groups excluding carboxylic acids is 3. The van der Waals surface area contributed by atoms with Crippen molar-refractivity contribution in [1.82, 2.24) is 10.2 Å². The highest BCUT2D eigenvalue weighted by molar-refractivity contribution is 7.12. The van der Waals surface area contributed by atoms with Crippen molar-refractivity contribution >= 4 is 29.1 Å². The molecule has 1 atom stereocenters. The summed E-state index contributed by atoms with van der Waals surface area (Å²) in [6.07, 6.45) is 2.57. The van der Waals surface area contributed by atoms with Crippen LogP contribution in [0.4, 0.5) is 0 Å². The number of rotatable bonds is 7. The summed E-state index contributed by atoms with van der Waals surface area (Å²) >= 11 is 1.39. The minimum Gasteiger partial charge on any atom is -0.466 e. The van der Waals surface area contributed by atoms with E-state index in [1.807, 2.05) is 11.4 Å². The minimum absolute atomic E-state index is 0.0365. The second-order valence-electron chi connectivity index (χ2n) is 5.77. The molecule has 0 saturated carbocycles. The lowest BCUT2D eigenvalue weighted by Crippen LogP contribution is -2.43. The molecule has 132 valence electrons. The van der Waals surface area contributed by atoms with Crippen LogP contribution in [0.2, 0.25) is 0 Å². The first-order chi connectivity index (χ1) is 11.6. The minimum atomic E-state index is -0.210. The average Bonchev–Trinajstić information content (AvgIpc) is 3.13. The van der Waals surface area contributed by atoms with Gasteiger partial charge in [0, 0.05) is 26.1 Å². The van der Waals surface area contributed by atoms with E-state index in [9.17, 15) is 14.4 Å². The van der Waals surface area contributed by atoms with Crippen LogP contribution in [0, 0.1) is 5.92 Å². The van der Waals surface area contributed by atoms with Gasteiger partial charge in [0.2, 0.25) is 5.91 Å². The molecule has 2 rings (SSSR count). The number of hydrogen-bond acceptors (Lipinski definition) is 5. The van der Waals surface area contributed by atoms with Gasteiger partial charge < -0.3 is 15.0 Å². The summed E-state index contributed by atoms with van der Waals surface area (Å²) in [5, 5.41) is 4.67. The summed E-state index contributed by atoms with van der Waals surface area (Å²) in [4.78, 5) is 38.3. The van der Waals surface area contributed by atoms with Crippen molar-refractivity contribution in [2.45, 2.75) is 32.6 Å². The Morgan fingerprint density at radius 3 is 2.96 bits per heavy atom. The fourth-order valence-corrected chi connectivity index (χ4v) is 3.39. The van der Waals surface area contributed by atoms with E-state index < -0.39 is 0 Å². The van der Waals surface area contributed by atoms with Crippen molar-refractivity contribution in [3.8, 4) is 0 Å². The number of nitrogens with one attached hydrogen (secondary N) is 1. The Hall–Kier alpha value is -1.89. The molecule has 1 aliphatic heterocycles. The van der Waals surface area contributed by atoms with E-state index in [-0.39, 0.29) is 23.7 Å². The van der Waals surface area contributed by atoms with Crippen LogP contribution in [0.1, 0.15) is 42.3 Å². The molecule has 7 heteroatoms. The van der Waals surface area contributed by atoms with Gasteiger partial charge in [-0.25, -0.2) is 0 Å². The van der Waals surface area contributed by atoms with Gasteiger partial charge in [0.25, 0.3) is 5.91 Å². The number of piperidine rings is 1. The summed E-state index contributed by atoms with van der Waals surface area (Å²) < 4.78 is 5.05. The lowest BCUT2D eigenvalue weighted by atomic mass is 9.98. The molecular weight excluding hydrogens is 328 g/mol. The molecule has 2 amide bonds. The largest absolute Gasteiger partial charge is 0.466 e. The van der Waals surface area contributed by atoms with Crippen LogP contribution in [-0.2, 0) is 14.3 Å². The van der Waals surface area contributed by atoms with Crippen molar-refractivity contribution in [1.29, 1.82) is 0 Å². The first kappa shape index (κ1) is 18.4. The summed E-state index contributed by atoms with van der Waals surface area (Å²) in [6, 6.07) is 3.60. The Labute approximate surface area is 146 Å². The molecule has 1 unspecified atom stereocenters. The summed E-state index contributed by atoms with van der Waals surface area (Å²) in [6.45, 7) is 3.76. The van der Waals surface area contributed by atoms with Crippen LogP contribution in [0.3, 0.4) is 0 Å². The average molecular weight is 352 g/mol. The number of carbonyl (C=O) groups is 3. The third kappa shape index (κ3) is 5.33. The molecular formula is C17H24N2O4S. The van der Waals surface area contributed by atoms with Gasteiger partial charge in [0.1, 0.15) is 0 Å². The predicted molar refractivity (Wildman–Crippen MR) is 91.8 cm³/mol. The normalized spacial score (nSPS) is 17.4. The highest BCUT2D eigenvalue weighted by Gasteiger charge is 2.28. The molecule has 24 heavy (non-hydrogen) atoms. The van der Waals surface area contributed by atoms with Crippen molar-refractivity contribution in [3.63, 3.8) is 0 Å². The second kappa shape index (κ2) is 9.42. The molecule has 1 aliphatic rings. The van der Waals surface area contributed by atoms with Crippen LogP contribution >= 0.6 is 11.3 Å². The van der Waals surface area contributed by atoms with Gasteiger partial charge in [-0.15, -0.1) is 11.3 Å². The highest BCUT2D eigenvalue weighted by atomic mass is 32.1. The molecule has 1 aromatic heterocycles. The van der Waals surface area contributed by atoms with E-state index in [1.54, 1.807) is 17.9 Å². The second-order valence-corrected chi connectivity index (χ2v) is 6.72. The fraction of sp³-hybridized carbons (Fsp3) is 0.588.